The highest BCUT2D eigenvalue weighted by molar-refractivity contribution is 7.47. The number of allylic oxidation sites excluding steroid dienone is 15. The molecule has 0 saturated heterocycles. The molecule has 0 bridgehead atoms. The quantitative estimate of drug-likeness (QED) is 0.0243. The summed E-state index contributed by atoms with van der Waals surface area (Å²) in [4.78, 5) is 23.4. The van der Waals surface area contributed by atoms with E-state index in [0.717, 1.165) is 77.0 Å². The molecular formula is C74H136N2O6P+. The number of unbranched alkanes of at least 4 members (excludes halogenated alkanes) is 37. The van der Waals surface area contributed by atoms with E-state index in [-0.39, 0.29) is 19.1 Å². The molecule has 0 heterocycles. The van der Waals surface area contributed by atoms with Crippen LogP contribution in [-0.2, 0) is 18.4 Å². The number of aliphatic hydroxyl groups excluding tert-OH is 1. The molecule has 0 spiro atoms. The molecule has 0 saturated carbocycles. The highest BCUT2D eigenvalue weighted by Gasteiger charge is 2.28. The lowest BCUT2D eigenvalue weighted by atomic mass is 10.0. The number of likely N-dealkylation sites (N-methyl/N-ethyl adjacent to an activating group) is 1. The molecule has 0 fully saturated rings. The zero-order chi connectivity index (χ0) is 60.5. The second-order valence-corrected chi connectivity index (χ2v) is 26.3. The zero-order valence-corrected chi connectivity index (χ0v) is 56.1. The molecular weight excluding hydrogens is 1040 g/mol. The molecule has 0 radical (unpaired) electrons. The summed E-state index contributed by atoms with van der Waals surface area (Å²) >= 11 is 0. The van der Waals surface area contributed by atoms with Gasteiger partial charge in [0.1, 0.15) is 13.2 Å². The molecule has 3 atom stereocenters. The summed E-state index contributed by atoms with van der Waals surface area (Å²) < 4.78 is 23.8. The lowest BCUT2D eigenvalue weighted by molar-refractivity contribution is -0.870. The van der Waals surface area contributed by atoms with Gasteiger partial charge in [0.2, 0.25) is 5.91 Å². The number of rotatable bonds is 64. The Morgan fingerprint density at radius 2 is 0.735 bits per heavy atom. The fourth-order valence-corrected chi connectivity index (χ4v) is 10.9. The van der Waals surface area contributed by atoms with Crippen molar-refractivity contribution in [3.05, 3.63) is 97.2 Å². The molecule has 3 unspecified atom stereocenters. The second-order valence-electron chi connectivity index (χ2n) is 24.9. The Hall–Kier alpha value is -2.58. The SMILES string of the molecule is CC/C=C\C/C=C\C/C=C\C/C=C\C/C=C\C/C=C\CCCCCCCCCCCCCCCCCCC(=O)NC(COP(=O)(O)OCC[N+](C)(C)C)C(O)/C=C/CC/C=C/CCCCCCCCCCCCCCCCCCCCCC. The van der Waals surface area contributed by atoms with E-state index in [1.807, 2.05) is 27.2 Å². The molecule has 0 aromatic rings. The predicted molar refractivity (Wildman–Crippen MR) is 364 cm³/mol. The minimum atomic E-state index is -4.37. The number of nitrogens with one attached hydrogen (secondary N) is 1. The maximum atomic E-state index is 13.1. The molecule has 482 valence electrons. The van der Waals surface area contributed by atoms with Crippen LogP contribution < -0.4 is 5.32 Å². The predicted octanol–water partition coefficient (Wildman–Crippen LogP) is 22.5. The van der Waals surface area contributed by atoms with Crippen LogP contribution in [-0.4, -0.2) is 73.4 Å². The van der Waals surface area contributed by atoms with Crippen LogP contribution in [0.25, 0.3) is 0 Å². The average molecular weight is 1180 g/mol. The molecule has 8 nitrogen and oxygen atoms in total. The van der Waals surface area contributed by atoms with Gasteiger partial charge in [0.15, 0.2) is 0 Å². The monoisotopic (exact) mass is 1180 g/mol. The maximum absolute atomic E-state index is 13.1. The van der Waals surface area contributed by atoms with Crippen LogP contribution in [0.3, 0.4) is 0 Å². The Labute approximate surface area is 515 Å². The molecule has 0 aromatic heterocycles. The summed E-state index contributed by atoms with van der Waals surface area (Å²) in [6, 6.07) is -0.869. The fraction of sp³-hybridized carbons (Fsp3) is 0.770. The molecule has 0 aromatic carbocycles. The number of hydrogen-bond acceptors (Lipinski definition) is 5. The van der Waals surface area contributed by atoms with Crippen molar-refractivity contribution in [3.63, 3.8) is 0 Å². The third-order valence-electron chi connectivity index (χ3n) is 15.5. The second kappa shape index (κ2) is 63.9. The van der Waals surface area contributed by atoms with Gasteiger partial charge in [-0.05, 0) is 83.5 Å². The third kappa shape index (κ3) is 66.8. The fourth-order valence-electron chi connectivity index (χ4n) is 10.1. The topological polar surface area (TPSA) is 105 Å². The number of carbonyl (C=O) groups excluding carboxylic acids is 1. The van der Waals surface area contributed by atoms with E-state index in [1.165, 1.54) is 218 Å². The van der Waals surface area contributed by atoms with Gasteiger partial charge in [-0.15, -0.1) is 0 Å². The van der Waals surface area contributed by atoms with Crippen molar-refractivity contribution in [3.8, 4) is 0 Å². The van der Waals surface area contributed by atoms with Gasteiger partial charge in [0.05, 0.1) is 39.9 Å². The molecule has 0 aliphatic carbocycles. The van der Waals surface area contributed by atoms with Crippen molar-refractivity contribution in [1.82, 2.24) is 5.32 Å². The highest BCUT2D eigenvalue weighted by Crippen LogP contribution is 2.43. The summed E-state index contributed by atoms with van der Waals surface area (Å²) in [7, 11) is 1.56. The van der Waals surface area contributed by atoms with Crippen molar-refractivity contribution < 1.29 is 32.9 Å². The first-order valence-corrected chi connectivity index (χ1v) is 36.6. The van der Waals surface area contributed by atoms with Gasteiger partial charge in [0, 0.05) is 6.42 Å². The van der Waals surface area contributed by atoms with Crippen LogP contribution in [0.15, 0.2) is 97.2 Å². The Bertz CT molecular complexity index is 1670. The Balaban J connectivity index is 4.10. The van der Waals surface area contributed by atoms with Crippen molar-refractivity contribution in [2.45, 2.75) is 328 Å². The zero-order valence-electron chi connectivity index (χ0n) is 55.2. The van der Waals surface area contributed by atoms with Crippen LogP contribution >= 0.6 is 7.82 Å². The van der Waals surface area contributed by atoms with Gasteiger partial charge in [-0.25, -0.2) is 4.57 Å². The number of carbonyl (C=O) groups is 1. The summed E-state index contributed by atoms with van der Waals surface area (Å²) in [5.74, 6) is -0.186. The van der Waals surface area contributed by atoms with E-state index in [1.54, 1.807) is 6.08 Å². The van der Waals surface area contributed by atoms with Gasteiger partial charge in [-0.1, -0.05) is 323 Å². The summed E-state index contributed by atoms with van der Waals surface area (Å²) in [6.45, 7) is 4.71. The van der Waals surface area contributed by atoms with Crippen LogP contribution in [0.1, 0.15) is 316 Å². The van der Waals surface area contributed by atoms with Gasteiger partial charge in [0.25, 0.3) is 0 Å². The lowest BCUT2D eigenvalue weighted by Crippen LogP contribution is -2.45. The van der Waals surface area contributed by atoms with Gasteiger partial charge in [-0.3, -0.25) is 13.8 Å². The van der Waals surface area contributed by atoms with E-state index in [2.05, 4.69) is 104 Å². The van der Waals surface area contributed by atoms with Crippen molar-refractivity contribution >= 4 is 13.7 Å². The number of amides is 1. The first-order valence-electron chi connectivity index (χ1n) is 35.1. The summed E-state index contributed by atoms with van der Waals surface area (Å²) in [6.07, 6.45) is 92.7. The van der Waals surface area contributed by atoms with Crippen molar-refractivity contribution in [2.24, 2.45) is 0 Å². The van der Waals surface area contributed by atoms with E-state index < -0.39 is 20.0 Å². The molecule has 0 aliphatic rings. The van der Waals surface area contributed by atoms with Crippen LogP contribution in [0, 0.1) is 0 Å². The summed E-state index contributed by atoms with van der Waals surface area (Å²) in [5, 5.41) is 14.0. The number of quaternary nitrogens is 1. The first-order chi connectivity index (χ1) is 40.5. The molecule has 83 heavy (non-hydrogen) atoms. The Morgan fingerprint density at radius 3 is 1.11 bits per heavy atom. The molecule has 0 aliphatic heterocycles. The minimum absolute atomic E-state index is 0.0539. The third-order valence-corrected chi connectivity index (χ3v) is 16.5. The molecule has 3 N–H and O–H groups in total. The number of hydrogen-bond donors (Lipinski definition) is 3. The van der Waals surface area contributed by atoms with Crippen molar-refractivity contribution in [2.75, 3.05) is 40.9 Å². The average Bonchev–Trinajstić information content (AvgIpc) is 3.49. The van der Waals surface area contributed by atoms with E-state index >= 15 is 0 Å². The van der Waals surface area contributed by atoms with E-state index in [9.17, 15) is 19.4 Å². The lowest BCUT2D eigenvalue weighted by Gasteiger charge is -2.25. The molecule has 9 heteroatoms. The molecule has 1 amide bonds. The standard InChI is InChI=1S/C74H135N2O6P/c1-6-8-10-12-14-16-18-20-22-24-26-28-30-32-34-35-36-37-38-39-40-41-42-44-46-48-50-52-54-56-58-60-62-64-66-68-74(78)75-72(71-82-83(79,80)81-70-69-76(3,4)5)73(77)67-65-63-61-59-57-55-53-51-49-47-45-43-33-31-29-27-25-23-21-19-17-15-13-11-9-7-2/h8,10,14,16,20,22,26,28,32,34,36-37,57,59,65,67,72-73,77H,6-7,9,11-13,15,17-19,21,23-25,27,29-31,33,35,38-56,58,60-64,66,68-71H2,1-5H3,(H-,75,78,79,80)/p+1/b10-8-,16-14-,22-20-,28-26-,34-32-,37-36-,59-57+,67-65+. The van der Waals surface area contributed by atoms with Crippen LogP contribution in [0.4, 0.5) is 0 Å². The van der Waals surface area contributed by atoms with Crippen LogP contribution in [0.5, 0.6) is 0 Å². The Morgan fingerprint density at radius 1 is 0.422 bits per heavy atom. The minimum Gasteiger partial charge on any atom is -0.387 e. The normalized spacial score (nSPS) is 14.3. The van der Waals surface area contributed by atoms with Crippen molar-refractivity contribution in [1.29, 1.82) is 0 Å². The highest BCUT2D eigenvalue weighted by atomic mass is 31.2. The maximum Gasteiger partial charge on any atom is 0.472 e. The van der Waals surface area contributed by atoms with Gasteiger partial charge in [-0.2, -0.15) is 0 Å². The largest absolute Gasteiger partial charge is 0.472 e. The van der Waals surface area contributed by atoms with Gasteiger partial charge >= 0.3 is 7.82 Å². The summed E-state index contributed by atoms with van der Waals surface area (Å²) in [5.41, 5.74) is 0. The van der Waals surface area contributed by atoms with Gasteiger partial charge < -0.3 is 19.8 Å². The number of nitrogens with zero attached hydrogens (tertiary/aromatic N) is 1. The molecule has 0 rings (SSSR count). The number of aliphatic hydroxyl groups is 1. The Kier molecular flexibility index (Phi) is 61.9. The van der Waals surface area contributed by atoms with E-state index in [4.69, 9.17) is 9.05 Å². The number of phosphoric acid groups is 1. The number of phosphoric ester groups is 1. The first kappa shape index (κ1) is 80.4. The van der Waals surface area contributed by atoms with E-state index in [0.29, 0.717) is 17.4 Å². The smallest absolute Gasteiger partial charge is 0.387 e. The van der Waals surface area contributed by atoms with Crippen LogP contribution in [0.2, 0.25) is 0 Å².